The Hall–Kier alpha value is -2.06. The predicted octanol–water partition coefficient (Wildman–Crippen LogP) is 3.14. The van der Waals surface area contributed by atoms with Gasteiger partial charge in [-0.15, -0.1) is 0 Å². The van der Waals surface area contributed by atoms with E-state index in [9.17, 15) is 20.0 Å². The van der Waals surface area contributed by atoms with Crippen molar-refractivity contribution in [3.8, 4) is 0 Å². The second-order valence-electron chi connectivity index (χ2n) is 4.22. The number of non-ortho nitro benzene ring substituents is 1. The van der Waals surface area contributed by atoms with Gasteiger partial charge in [0.2, 0.25) is 0 Å². The van der Waals surface area contributed by atoms with Crippen LogP contribution in [-0.2, 0) is 7.05 Å². The molecular weight excluding hydrogens is 318 g/mol. The number of aromatic carboxylic acids is 1. The minimum absolute atomic E-state index is 0.0189. The van der Waals surface area contributed by atoms with E-state index in [0.717, 1.165) is 29.6 Å². The van der Waals surface area contributed by atoms with Crippen molar-refractivity contribution in [3.63, 3.8) is 0 Å². The average Bonchev–Trinajstić information content (AvgIpc) is 2.69. The van der Waals surface area contributed by atoms with Crippen LogP contribution in [0.25, 0.3) is 0 Å². The van der Waals surface area contributed by atoms with Crippen molar-refractivity contribution >= 4 is 35.0 Å². The van der Waals surface area contributed by atoms with Crippen LogP contribution in [0.1, 0.15) is 16.1 Å². The molecule has 0 aliphatic rings. The van der Waals surface area contributed by atoms with Crippen molar-refractivity contribution in [1.29, 1.82) is 0 Å². The molecule has 1 heterocycles. The molecule has 0 aliphatic heterocycles. The predicted molar refractivity (Wildman–Crippen MR) is 77.1 cm³/mol. The molecule has 0 bridgehead atoms. The Bertz CT molecular complexity index is 744. The van der Waals surface area contributed by atoms with Gasteiger partial charge in [-0.05, 0) is 13.0 Å². The molecule has 2 aromatic rings. The average molecular weight is 328 g/mol. The monoisotopic (exact) mass is 327 g/mol. The number of nitro groups is 1. The molecule has 0 amide bonds. The van der Waals surface area contributed by atoms with E-state index < -0.39 is 10.9 Å². The lowest BCUT2D eigenvalue weighted by atomic mass is 10.2. The third kappa shape index (κ3) is 3.17. The number of halogens is 1. The molecule has 1 N–H and O–H groups in total. The Labute approximate surface area is 128 Å². The van der Waals surface area contributed by atoms with Crippen LogP contribution < -0.4 is 0 Å². The quantitative estimate of drug-likeness (QED) is 0.684. The number of carboxylic acid groups (broad SMARTS) is 1. The maximum absolute atomic E-state index is 11.3. The fourth-order valence-electron chi connectivity index (χ4n) is 1.73. The van der Waals surface area contributed by atoms with Crippen molar-refractivity contribution in [2.24, 2.45) is 7.05 Å². The van der Waals surface area contributed by atoms with Crippen molar-refractivity contribution in [2.75, 3.05) is 0 Å². The summed E-state index contributed by atoms with van der Waals surface area (Å²) >= 11 is 7.12. The van der Waals surface area contributed by atoms with E-state index in [1.807, 2.05) is 0 Å². The summed E-state index contributed by atoms with van der Waals surface area (Å²) < 4.78 is 1.59. The van der Waals surface area contributed by atoms with Crippen molar-refractivity contribution in [1.82, 2.24) is 9.78 Å². The Morgan fingerprint density at radius 2 is 2.14 bits per heavy atom. The highest BCUT2D eigenvalue weighted by molar-refractivity contribution is 7.99. The third-order valence-electron chi connectivity index (χ3n) is 2.64. The summed E-state index contributed by atoms with van der Waals surface area (Å²) in [7, 11) is 1.72. The molecule has 7 nitrogen and oxygen atoms in total. The highest BCUT2D eigenvalue weighted by Crippen LogP contribution is 2.38. The maximum Gasteiger partial charge on any atom is 0.337 e. The summed E-state index contributed by atoms with van der Waals surface area (Å²) in [6.07, 6.45) is 0. The van der Waals surface area contributed by atoms with Crippen LogP contribution in [0.3, 0.4) is 0 Å². The summed E-state index contributed by atoms with van der Waals surface area (Å²) in [6, 6.07) is 3.91. The molecule has 0 saturated heterocycles. The number of aryl methyl sites for hydroxylation is 2. The topological polar surface area (TPSA) is 98.3 Å². The molecule has 0 saturated carbocycles. The molecule has 110 valence electrons. The summed E-state index contributed by atoms with van der Waals surface area (Å²) in [4.78, 5) is 21.7. The number of hydrogen-bond donors (Lipinski definition) is 1. The first kappa shape index (κ1) is 15.3. The van der Waals surface area contributed by atoms with E-state index >= 15 is 0 Å². The first-order chi connectivity index (χ1) is 9.79. The number of carboxylic acids is 1. The first-order valence-corrected chi connectivity index (χ1v) is 6.88. The second kappa shape index (κ2) is 5.74. The van der Waals surface area contributed by atoms with Crippen LogP contribution in [0.4, 0.5) is 5.69 Å². The molecular formula is C12H10ClN3O4S. The van der Waals surface area contributed by atoms with E-state index in [1.54, 1.807) is 24.7 Å². The molecule has 0 spiro atoms. The van der Waals surface area contributed by atoms with E-state index in [1.165, 1.54) is 0 Å². The Morgan fingerprint density at radius 3 is 2.62 bits per heavy atom. The molecule has 9 heteroatoms. The van der Waals surface area contributed by atoms with Gasteiger partial charge in [0.1, 0.15) is 0 Å². The van der Waals surface area contributed by atoms with Gasteiger partial charge in [-0.25, -0.2) is 4.79 Å². The smallest absolute Gasteiger partial charge is 0.337 e. The van der Waals surface area contributed by atoms with E-state index in [2.05, 4.69) is 5.10 Å². The second-order valence-corrected chi connectivity index (χ2v) is 5.65. The summed E-state index contributed by atoms with van der Waals surface area (Å²) in [5.74, 6) is -1.28. The normalized spacial score (nSPS) is 10.6. The lowest BCUT2D eigenvalue weighted by Gasteiger charge is -2.08. The largest absolute Gasteiger partial charge is 0.478 e. The third-order valence-corrected chi connectivity index (χ3v) is 4.28. The van der Waals surface area contributed by atoms with Crippen molar-refractivity contribution in [3.05, 3.63) is 44.6 Å². The summed E-state index contributed by atoms with van der Waals surface area (Å²) in [5, 5.41) is 24.9. The van der Waals surface area contributed by atoms with Crippen LogP contribution in [0.5, 0.6) is 0 Å². The van der Waals surface area contributed by atoms with Crippen molar-refractivity contribution < 1.29 is 14.8 Å². The first-order valence-electron chi connectivity index (χ1n) is 5.69. The molecule has 0 unspecified atom stereocenters. The minimum Gasteiger partial charge on any atom is -0.478 e. The number of benzene rings is 1. The lowest BCUT2D eigenvalue weighted by Crippen LogP contribution is -2.02. The standard InChI is InChI=1S/C12H10ClN3O4S/c1-6-3-10(15(2)14-6)21-11-8(12(17)18)4-7(16(19)20)5-9(11)13/h3-5H,1-2H3,(H,17,18). The van der Waals surface area contributed by atoms with Crippen LogP contribution in [0, 0.1) is 17.0 Å². The van der Waals surface area contributed by atoms with E-state index in [4.69, 9.17) is 11.6 Å². The zero-order valence-electron chi connectivity index (χ0n) is 11.0. The van der Waals surface area contributed by atoms with E-state index in [-0.39, 0.29) is 21.2 Å². The van der Waals surface area contributed by atoms with Gasteiger partial charge in [0.05, 0.1) is 26.2 Å². The van der Waals surface area contributed by atoms with Gasteiger partial charge in [0.15, 0.2) is 0 Å². The van der Waals surface area contributed by atoms with Crippen molar-refractivity contribution in [2.45, 2.75) is 16.8 Å². The highest BCUT2D eigenvalue weighted by Gasteiger charge is 2.21. The minimum atomic E-state index is -1.28. The van der Waals surface area contributed by atoms with Gasteiger partial charge < -0.3 is 5.11 Å². The fraction of sp³-hybridized carbons (Fsp3) is 0.167. The Morgan fingerprint density at radius 1 is 1.48 bits per heavy atom. The van der Waals surface area contributed by atoms with Gasteiger partial charge in [-0.1, -0.05) is 23.4 Å². The number of aromatic nitrogens is 2. The molecule has 21 heavy (non-hydrogen) atoms. The molecule has 2 rings (SSSR count). The van der Waals surface area contributed by atoms with Crippen LogP contribution in [0.2, 0.25) is 5.02 Å². The van der Waals surface area contributed by atoms with Gasteiger partial charge in [-0.3, -0.25) is 14.8 Å². The van der Waals surface area contributed by atoms with Crippen LogP contribution in [-0.4, -0.2) is 25.8 Å². The maximum atomic E-state index is 11.3. The van der Waals surface area contributed by atoms with E-state index in [0.29, 0.717) is 5.03 Å². The van der Waals surface area contributed by atoms with Crippen LogP contribution in [0.15, 0.2) is 28.1 Å². The highest BCUT2D eigenvalue weighted by atomic mass is 35.5. The fourth-order valence-corrected chi connectivity index (χ4v) is 3.09. The van der Waals surface area contributed by atoms with Gasteiger partial charge in [-0.2, -0.15) is 5.10 Å². The number of hydrogen-bond acceptors (Lipinski definition) is 5. The molecule has 1 aromatic carbocycles. The number of carbonyl (C=O) groups is 1. The molecule has 1 aromatic heterocycles. The summed E-state index contributed by atoms with van der Waals surface area (Å²) in [5.41, 5.74) is 0.205. The van der Waals surface area contributed by atoms with Crippen LogP contribution >= 0.6 is 23.4 Å². The molecule has 0 aliphatic carbocycles. The number of nitrogens with zero attached hydrogens (tertiary/aromatic N) is 3. The zero-order chi connectivity index (χ0) is 15.7. The molecule has 0 radical (unpaired) electrons. The Kier molecular flexibility index (Phi) is 4.19. The number of nitro benzene ring substituents is 1. The Balaban J connectivity index is 2.54. The van der Waals surface area contributed by atoms with Gasteiger partial charge in [0.25, 0.3) is 5.69 Å². The molecule has 0 fully saturated rings. The lowest BCUT2D eigenvalue weighted by molar-refractivity contribution is -0.384. The number of rotatable bonds is 4. The SMILES string of the molecule is Cc1cc(Sc2c(Cl)cc([N+](=O)[O-])cc2C(=O)O)n(C)n1. The summed E-state index contributed by atoms with van der Waals surface area (Å²) in [6.45, 7) is 1.81. The molecule has 0 atom stereocenters. The van der Waals surface area contributed by atoms with Gasteiger partial charge >= 0.3 is 5.97 Å². The zero-order valence-corrected chi connectivity index (χ0v) is 12.6. The van der Waals surface area contributed by atoms with Gasteiger partial charge in [0, 0.05) is 24.1 Å².